The van der Waals surface area contributed by atoms with Crippen molar-refractivity contribution >= 4 is 34.6 Å². The van der Waals surface area contributed by atoms with Crippen molar-refractivity contribution in [2.45, 2.75) is 26.4 Å². The zero-order valence-electron chi connectivity index (χ0n) is 17.7. The molecule has 0 atom stereocenters. The fourth-order valence-electron chi connectivity index (χ4n) is 2.92. The van der Waals surface area contributed by atoms with E-state index in [2.05, 4.69) is 15.3 Å². The van der Waals surface area contributed by atoms with Gasteiger partial charge in [0.15, 0.2) is 0 Å². The zero-order valence-corrected chi connectivity index (χ0v) is 17.7. The van der Waals surface area contributed by atoms with Gasteiger partial charge in [-0.2, -0.15) is 4.98 Å². The maximum absolute atomic E-state index is 11.8. The maximum atomic E-state index is 11.8. The molecular weight excluding hydrogens is 420 g/mol. The average Bonchev–Trinajstić information content (AvgIpc) is 3.13. The van der Waals surface area contributed by atoms with Crippen LogP contribution in [0.25, 0.3) is 16.9 Å². The van der Waals surface area contributed by atoms with Crippen molar-refractivity contribution in [2.24, 2.45) is 0 Å². The van der Waals surface area contributed by atoms with Crippen molar-refractivity contribution < 1.29 is 24.4 Å². The van der Waals surface area contributed by atoms with E-state index in [0.29, 0.717) is 10.9 Å². The molecule has 168 valence electrons. The van der Waals surface area contributed by atoms with Crippen LogP contribution in [-0.4, -0.2) is 55.4 Å². The number of nitrogens with zero attached hydrogens (tertiary/aromatic N) is 5. The first kappa shape index (κ1) is 22.5. The molecule has 12 heteroatoms. The number of alkyl carbamates (subject to hydrolysis) is 1. The molecule has 3 aromatic rings. The number of amides is 2. The lowest BCUT2D eigenvalue weighted by atomic mass is 10.2. The minimum atomic E-state index is -1.26. The highest BCUT2D eigenvalue weighted by atomic mass is 16.6. The lowest BCUT2D eigenvalue weighted by Crippen LogP contribution is -2.40. The lowest BCUT2D eigenvalue weighted by molar-refractivity contribution is -0.384. The van der Waals surface area contributed by atoms with Gasteiger partial charge in [-0.05, 0) is 39.0 Å². The van der Waals surface area contributed by atoms with E-state index in [1.54, 1.807) is 43.7 Å². The molecule has 1 aromatic carbocycles. The summed E-state index contributed by atoms with van der Waals surface area (Å²) in [6.07, 6.45) is 1.14. The molecule has 2 aromatic heterocycles. The van der Waals surface area contributed by atoms with Crippen LogP contribution in [0.5, 0.6) is 0 Å². The van der Waals surface area contributed by atoms with Gasteiger partial charge in [-0.3, -0.25) is 19.6 Å². The van der Waals surface area contributed by atoms with Crippen LogP contribution >= 0.6 is 0 Å². The van der Waals surface area contributed by atoms with Crippen molar-refractivity contribution in [3.8, 4) is 5.95 Å². The highest BCUT2D eigenvalue weighted by molar-refractivity contribution is 5.85. The van der Waals surface area contributed by atoms with Crippen molar-refractivity contribution in [3.63, 3.8) is 0 Å². The van der Waals surface area contributed by atoms with E-state index in [0.717, 1.165) is 4.90 Å². The summed E-state index contributed by atoms with van der Waals surface area (Å²) in [6.45, 7) is 5.12. The van der Waals surface area contributed by atoms with Gasteiger partial charge >= 0.3 is 12.2 Å². The highest BCUT2D eigenvalue weighted by Crippen LogP contribution is 2.24. The van der Waals surface area contributed by atoms with Crippen molar-refractivity contribution in [3.05, 3.63) is 52.8 Å². The second-order valence-corrected chi connectivity index (χ2v) is 7.76. The molecule has 0 spiro atoms. The minimum Gasteiger partial charge on any atom is -0.465 e. The molecule has 12 nitrogen and oxygen atoms in total. The Morgan fingerprint density at radius 1 is 1.28 bits per heavy atom. The standard InChI is InChI=1S/C20H22N6O6/c1-20(2,3)32-18(27)22-9-11-25(19(28)29)16-6-8-21-17(23-16)24-10-7-13-12-14(26(30)31)4-5-15(13)24/h4-8,10,12H,9,11H2,1-3H3,(H,22,27)(H,28,29). The number of aromatic nitrogens is 3. The SMILES string of the molecule is CC(C)(C)OC(=O)NCCN(C(=O)O)c1ccnc(-n2ccc3cc([N+](=O)[O-])ccc32)n1. The number of nitro groups is 1. The molecule has 0 saturated heterocycles. The number of rotatable bonds is 6. The van der Waals surface area contributed by atoms with Gasteiger partial charge in [0.25, 0.3) is 5.69 Å². The van der Waals surface area contributed by atoms with Crippen LogP contribution < -0.4 is 10.2 Å². The molecule has 2 heterocycles. The van der Waals surface area contributed by atoms with E-state index in [1.807, 2.05) is 0 Å². The number of carbonyl (C=O) groups excluding carboxylic acids is 1. The number of hydrogen-bond acceptors (Lipinski definition) is 7. The van der Waals surface area contributed by atoms with E-state index in [4.69, 9.17) is 4.74 Å². The lowest BCUT2D eigenvalue weighted by Gasteiger charge is -2.21. The van der Waals surface area contributed by atoms with Gasteiger partial charge in [0.2, 0.25) is 5.95 Å². The van der Waals surface area contributed by atoms with Crippen LogP contribution in [0.1, 0.15) is 20.8 Å². The molecule has 2 N–H and O–H groups in total. The van der Waals surface area contributed by atoms with E-state index >= 15 is 0 Å². The smallest absolute Gasteiger partial charge is 0.413 e. The molecule has 0 saturated carbocycles. The molecule has 0 bridgehead atoms. The van der Waals surface area contributed by atoms with Crippen LogP contribution in [0, 0.1) is 10.1 Å². The fourth-order valence-corrected chi connectivity index (χ4v) is 2.92. The van der Waals surface area contributed by atoms with E-state index in [9.17, 15) is 24.8 Å². The number of non-ortho nitro benzene ring substituents is 1. The van der Waals surface area contributed by atoms with Crippen LogP contribution in [0.4, 0.5) is 21.1 Å². The third kappa shape index (κ3) is 5.28. The summed E-state index contributed by atoms with van der Waals surface area (Å²) in [5.41, 5.74) is -0.0846. The number of carboxylic acid groups (broad SMARTS) is 1. The third-order valence-electron chi connectivity index (χ3n) is 4.24. The maximum Gasteiger partial charge on any atom is 0.413 e. The van der Waals surface area contributed by atoms with E-state index < -0.39 is 22.7 Å². The Hall–Kier alpha value is -4.22. The summed E-state index contributed by atoms with van der Waals surface area (Å²) in [5, 5.41) is 23.7. The first-order chi connectivity index (χ1) is 15.0. The average molecular weight is 442 g/mol. The van der Waals surface area contributed by atoms with Crippen LogP contribution in [0.2, 0.25) is 0 Å². The summed E-state index contributed by atoms with van der Waals surface area (Å²) < 4.78 is 6.73. The molecule has 0 aliphatic carbocycles. The Morgan fingerprint density at radius 3 is 2.69 bits per heavy atom. The van der Waals surface area contributed by atoms with Gasteiger partial charge in [-0.15, -0.1) is 0 Å². The Bertz CT molecular complexity index is 1170. The Morgan fingerprint density at radius 2 is 2.03 bits per heavy atom. The van der Waals surface area contributed by atoms with Gasteiger partial charge in [0, 0.05) is 43.0 Å². The monoisotopic (exact) mass is 442 g/mol. The largest absolute Gasteiger partial charge is 0.465 e. The van der Waals surface area contributed by atoms with Gasteiger partial charge in [0.05, 0.1) is 10.4 Å². The highest BCUT2D eigenvalue weighted by Gasteiger charge is 2.20. The summed E-state index contributed by atoms with van der Waals surface area (Å²) in [5.74, 6) is 0.301. The second-order valence-electron chi connectivity index (χ2n) is 7.76. The fraction of sp³-hybridized carbons (Fsp3) is 0.300. The minimum absolute atomic E-state index is 0.0106. The second kappa shape index (κ2) is 8.88. The van der Waals surface area contributed by atoms with Gasteiger partial charge < -0.3 is 15.2 Å². The Labute approximate surface area is 182 Å². The topological polar surface area (TPSA) is 153 Å². The van der Waals surface area contributed by atoms with Crippen molar-refractivity contribution in [1.29, 1.82) is 0 Å². The quantitative estimate of drug-likeness (QED) is 0.435. The third-order valence-corrected chi connectivity index (χ3v) is 4.24. The molecule has 2 amide bonds. The molecular formula is C20H22N6O6. The normalized spacial score (nSPS) is 11.2. The zero-order chi connectivity index (χ0) is 23.5. The molecule has 0 aliphatic rings. The molecule has 32 heavy (non-hydrogen) atoms. The van der Waals surface area contributed by atoms with Crippen LogP contribution in [0.3, 0.4) is 0 Å². The van der Waals surface area contributed by atoms with Crippen molar-refractivity contribution in [2.75, 3.05) is 18.0 Å². The molecule has 3 rings (SSSR count). The number of benzene rings is 1. The van der Waals surface area contributed by atoms with Crippen LogP contribution in [0.15, 0.2) is 42.7 Å². The van der Waals surface area contributed by atoms with Gasteiger partial charge in [-0.25, -0.2) is 14.6 Å². The first-order valence-corrected chi connectivity index (χ1v) is 9.61. The number of carbonyl (C=O) groups is 2. The van der Waals surface area contributed by atoms with E-state index in [1.165, 1.54) is 24.4 Å². The summed E-state index contributed by atoms with van der Waals surface area (Å²) in [7, 11) is 0. The van der Waals surface area contributed by atoms with Crippen LogP contribution in [-0.2, 0) is 4.74 Å². The Balaban J connectivity index is 1.80. The number of ether oxygens (including phenoxy) is 1. The predicted octanol–water partition coefficient (Wildman–Crippen LogP) is 3.34. The van der Waals surface area contributed by atoms with Gasteiger partial charge in [0.1, 0.15) is 11.4 Å². The molecule has 0 fully saturated rings. The van der Waals surface area contributed by atoms with Crippen molar-refractivity contribution in [1.82, 2.24) is 19.9 Å². The number of fused-ring (bicyclic) bond motifs is 1. The number of anilines is 1. The first-order valence-electron chi connectivity index (χ1n) is 9.61. The predicted molar refractivity (Wildman–Crippen MR) is 115 cm³/mol. The summed E-state index contributed by atoms with van der Waals surface area (Å²) >= 11 is 0. The number of nitrogens with one attached hydrogen (secondary N) is 1. The van der Waals surface area contributed by atoms with Gasteiger partial charge in [-0.1, -0.05) is 0 Å². The molecule has 0 aliphatic heterocycles. The Kier molecular flexibility index (Phi) is 6.23. The molecule has 0 unspecified atom stereocenters. The summed E-state index contributed by atoms with van der Waals surface area (Å²) in [4.78, 5) is 43.5. The number of hydrogen-bond donors (Lipinski definition) is 2. The number of nitro benzene ring substituents is 1. The van der Waals surface area contributed by atoms with E-state index in [-0.39, 0.29) is 30.5 Å². The molecule has 0 radical (unpaired) electrons. The summed E-state index contributed by atoms with van der Waals surface area (Å²) in [6, 6.07) is 7.49.